The molecule has 7 heteroatoms. The van der Waals surface area contributed by atoms with Gasteiger partial charge in [-0.15, -0.1) is 0 Å². The van der Waals surface area contributed by atoms with Gasteiger partial charge in [-0.3, -0.25) is 4.79 Å². The number of aliphatic hydroxyl groups excluding tert-OH is 2. The molecule has 1 heterocycles. The zero-order valence-corrected chi connectivity index (χ0v) is 12.4. The van der Waals surface area contributed by atoms with Crippen LogP contribution in [0.5, 0.6) is 0 Å². The van der Waals surface area contributed by atoms with Crippen LogP contribution >= 0.6 is 0 Å². The van der Waals surface area contributed by atoms with Gasteiger partial charge < -0.3 is 30.7 Å². The lowest BCUT2D eigenvalue weighted by Crippen LogP contribution is -2.67. The van der Waals surface area contributed by atoms with E-state index in [-0.39, 0.29) is 19.1 Å². The first-order valence-electron chi connectivity index (χ1n) is 7.15. The second kappa shape index (κ2) is 7.66. The molecule has 7 nitrogen and oxygen atoms in total. The molecular weight excluding hydrogens is 288 g/mol. The van der Waals surface area contributed by atoms with Crippen LogP contribution in [-0.2, 0) is 20.9 Å². The number of aliphatic hydroxyl groups is 2. The summed E-state index contributed by atoms with van der Waals surface area (Å²) < 4.78 is 11.2. The summed E-state index contributed by atoms with van der Waals surface area (Å²) in [7, 11) is 0. The Morgan fingerprint density at radius 1 is 1.41 bits per heavy atom. The Morgan fingerprint density at radius 2 is 2.09 bits per heavy atom. The molecule has 1 saturated heterocycles. The Morgan fingerprint density at radius 3 is 2.68 bits per heavy atom. The Labute approximate surface area is 129 Å². The van der Waals surface area contributed by atoms with Crippen molar-refractivity contribution in [3.05, 3.63) is 35.9 Å². The first-order chi connectivity index (χ1) is 10.5. The molecule has 5 N–H and O–H groups in total. The lowest BCUT2D eigenvalue weighted by molar-refractivity contribution is -0.250. The Bertz CT molecular complexity index is 484. The number of amides is 1. The van der Waals surface area contributed by atoms with E-state index in [1.54, 1.807) is 0 Å². The summed E-state index contributed by atoms with van der Waals surface area (Å²) in [4.78, 5) is 11.3. The molecule has 5 atom stereocenters. The minimum Gasteiger partial charge on any atom is -0.394 e. The Kier molecular flexibility index (Phi) is 5.87. The molecule has 0 bridgehead atoms. The quantitative estimate of drug-likeness (QED) is 0.561. The summed E-state index contributed by atoms with van der Waals surface area (Å²) in [5.74, 6) is -0.299. The van der Waals surface area contributed by atoms with Gasteiger partial charge in [0.1, 0.15) is 6.10 Å². The fourth-order valence-electron chi connectivity index (χ4n) is 2.42. The van der Waals surface area contributed by atoms with E-state index in [1.165, 1.54) is 6.92 Å². The van der Waals surface area contributed by atoms with Crippen molar-refractivity contribution >= 4 is 5.91 Å². The number of hydrogen-bond donors (Lipinski definition) is 4. The van der Waals surface area contributed by atoms with Crippen LogP contribution in [0.4, 0.5) is 0 Å². The van der Waals surface area contributed by atoms with Crippen molar-refractivity contribution in [2.24, 2.45) is 5.73 Å². The summed E-state index contributed by atoms with van der Waals surface area (Å²) in [6, 6.07) is 7.97. The normalized spacial score (nSPS) is 31.7. The van der Waals surface area contributed by atoms with E-state index in [1.807, 2.05) is 30.3 Å². The van der Waals surface area contributed by atoms with E-state index in [0.717, 1.165) is 5.56 Å². The minimum absolute atomic E-state index is 0.266. The molecule has 1 aliphatic rings. The molecular formula is C15H22N2O5. The maximum absolute atomic E-state index is 11.3. The van der Waals surface area contributed by atoms with E-state index < -0.39 is 30.6 Å². The third-order valence-electron chi connectivity index (χ3n) is 3.60. The summed E-state index contributed by atoms with van der Waals surface area (Å²) in [5.41, 5.74) is 6.90. The number of hydrogen-bond acceptors (Lipinski definition) is 6. The van der Waals surface area contributed by atoms with Crippen LogP contribution in [0.1, 0.15) is 12.5 Å². The number of nitrogens with one attached hydrogen (secondary N) is 1. The molecule has 0 aromatic heterocycles. The number of nitrogens with two attached hydrogens (primary N) is 1. The molecule has 0 saturated carbocycles. The Balaban J connectivity index is 2.07. The number of rotatable bonds is 5. The van der Waals surface area contributed by atoms with Gasteiger partial charge >= 0.3 is 0 Å². The first-order valence-corrected chi connectivity index (χ1v) is 7.15. The molecule has 122 valence electrons. The number of carbonyl (C=O) groups excluding carboxylic acids is 1. The monoisotopic (exact) mass is 310 g/mol. The molecule has 1 aromatic carbocycles. The molecule has 1 aliphatic heterocycles. The summed E-state index contributed by atoms with van der Waals surface area (Å²) in [6.07, 6.45) is -2.78. The summed E-state index contributed by atoms with van der Waals surface area (Å²) >= 11 is 0. The molecule has 1 fully saturated rings. The van der Waals surface area contributed by atoms with Crippen LogP contribution in [0.25, 0.3) is 0 Å². The van der Waals surface area contributed by atoms with Crippen LogP contribution < -0.4 is 11.1 Å². The predicted octanol–water partition coefficient (Wildman–Crippen LogP) is -0.887. The second-order valence-corrected chi connectivity index (χ2v) is 5.32. The lowest BCUT2D eigenvalue weighted by atomic mass is 9.95. The molecule has 0 spiro atoms. The zero-order valence-electron chi connectivity index (χ0n) is 12.4. The van der Waals surface area contributed by atoms with Crippen LogP contribution in [0.2, 0.25) is 0 Å². The van der Waals surface area contributed by atoms with Gasteiger partial charge in [0, 0.05) is 6.92 Å². The highest BCUT2D eigenvalue weighted by atomic mass is 16.7. The molecule has 2 rings (SSSR count). The lowest BCUT2D eigenvalue weighted by Gasteiger charge is -2.42. The molecule has 0 aliphatic carbocycles. The van der Waals surface area contributed by atoms with E-state index >= 15 is 0 Å². The summed E-state index contributed by atoms with van der Waals surface area (Å²) in [6.45, 7) is 1.24. The van der Waals surface area contributed by atoms with Crippen molar-refractivity contribution in [2.45, 2.75) is 44.1 Å². The Hall–Kier alpha value is -1.51. The maximum Gasteiger partial charge on any atom is 0.217 e. The van der Waals surface area contributed by atoms with Gasteiger partial charge in [-0.25, -0.2) is 0 Å². The number of ether oxygens (including phenoxy) is 2. The predicted molar refractivity (Wildman–Crippen MR) is 78.6 cm³/mol. The molecule has 22 heavy (non-hydrogen) atoms. The largest absolute Gasteiger partial charge is 0.394 e. The van der Waals surface area contributed by atoms with Gasteiger partial charge in [-0.05, 0) is 5.56 Å². The van der Waals surface area contributed by atoms with Crippen LogP contribution in [0.15, 0.2) is 30.3 Å². The van der Waals surface area contributed by atoms with Gasteiger partial charge in [-0.2, -0.15) is 0 Å². The smallest absolute Gasteiger partial charge is 0.217 e. The first kappa shape index (κ1) is 16.9. The van der Waals surface area contributed by atoms with Gasteiger partial charge in [0.2, 0.25) is 5.91 Å². The standard InChI is InChI=1S/C15H22N2O5/c1-9(19)17-13-12(16)14(20)11(7-18)22-15(13)21-8-10-5-3-2-4-6-10/h2-6,11-15,18,20H,7-8,16H2,1H3,(H,17,19)/t11-,12-,13-,14-,15+/m1/s1. The van der Waals surface area contributed by atoms with Gasteiger partial charge in [-0.1, -0.05) is 30.3 Å². The van der Waals surface area contributed by atoms with E-state index in [4.69, 9.17) is 15.2 Å². The van der Waals surface area contributed by atoms with Crippen molar-refractivity contribution in [2.75, 3.05) is 6.61 Å². The van der Waals surface area contributed by atoms with E-state index in [2.05, 4.69) is 5.32 Å². The average molecular weight is 310 g/mol. The zero-order chi connectivity index (χ0) is 16.1. The third-order valence-corrected chi connectivity index (χ3v) is 3.60. The van der Waals surface area contributed by atoms with Crippen molar-refractivity contribution in [1.82, 2.24) is 5.32 Å². The van der Waals surface area contributed by atoms with E-state index in [9.17, 15) is 15.0 Å². The fraction of sp³-hybridized carbons (Fsp3) is 0.533. The molecule has 0 unspecified atom stereocenters. The van der Waals surface area contributed by atoms with Crippen molar-refractivity contribution in [3.63, 3.8) is 0 Å². The highest BCUT2D eigenvalue weighted by Crippen LogP contribution is 2.22. The highest BCUT2D eigenvalue weighted by molar-refractivity contribution is 5.73. The number of carbonyl (C=O) groups is 1. The highest BCUT2D eigenvalue weighted by Gasteiger charge is 2.44. The minimum atomic E-state index is -1.08. The van der Waals surface area contributed by atoms with Crippen LogP contribution in [0, 0.1) is 0 Å². The van der Waals surface area contributed by atoms with Gasteiger partial charge in [0.15, 0.2) is 6.29 Å². The third kappa shape index (κ3) is 4.02. The van der Waals surface area contributed by atoms with Gasteiger partial charge in [0.25, 0.3) is 0 Å². The molecule has 1 aromatic rings. The second-order valence-electron chi connectivity index (χ2n) is 5.32. The maximum atomic E-state index is 11.3. The van der Waals surface area contributed by atoms with Crippen molar-refractivity contribution in [3.8, 4) is 0 Å². The topological polar surface area (TPSA) is 114 Å². The van der Waals surface area contributed by atoms with Crippen molar-refractivity contribution < 1.29 is 24.5 Å². The van der Waals surface area contributed by atoms with Crippen LogP contribution in [0.3, 0.4) is 0 Å². The summed E-state index contributed by atoms with van der Waals surface area (Å²) in [5, 5.41) is 21.9. The van der Waals surface area contributed by atoms with Crippen molar-refractivity contribution in [1.29, 1.82) is 0 Å². The van der Waals surface area contributed by atoms with E-state index in [0.29, 0.717) is 0 Å². The van der Waals surface area contributed by atoms with Crippen LogP contribution in [-0.4, -0.2) is 53.3 Å². The SMILES string of the molecule is CC(=O)N[C@H]1[C@@H](OCc2ccccc2)O[C@H](CO)[C@@H](O)[C@@H]1N. The average Bonchev–Trinajstić information content (AvgIpc) is 2.52. The molecule has 1 amide bonds. The van der Waals surface area contributed by atoms with Gasteiger partial charge in [0.05, 0.1) is 31.4 Å². The molecule has 0 radical (unpaired) electrons. The fourth-order valence-corrected chi connectivity index (χ4v) is 2.42. The number of benzene rings is 1.